The number of rotatable bonds is 5. The Morgan fingerprint density at radius 2 is 2.26 bits per heavy atom. The molecule has 5 nitrogen and oxygen atoms in total. The van der Waals surface area contributed by atoms with Crippen LogP contribution in [0.15, 0.2) is 18.3 Å². The lowest BCUT2D eigenvalue weighted by atomic mass is 9.99. The van der Waals surface area contributed by atoms with Gasteiger partial charge in [-0.1, -0.05) is 6.92 Å². The van der Waals surface area contributed by atoms with Crippen LogP contribution >= 0.6 is 0 Å². The van der Waals surface area contributed by atoms with Gasteiger partial charge in [0.25, 0.3) is 5.91 Å². The maximum atomic E-state index is 11.3. The highest BCUT2D eigenvalue weighted by Gasteiger charge is 2.15. The number of hydrogen-bond donors (Lipinski definition) is 2. The smallest absolute Gasteiger partial charge is 0.252 e. The van der Waals surface area contributed by atoms with E-state index in [1.54, 1.807) is 18.3 Å². The molecule has 1 aromatic rings. The van der Waals surface area contributed by atoms with E-state index in [-0.39, 0.29) is 0 Å². The van der Waals surface area contributed by atoms with Gasteiger partial charge in [0, 0.05) is 19.3 Å². The molecule has 0 unspecified atom stereocenters. The maximum absolute atomic E-state index is 11.3. The van der Waals surface area contributed by atoms with Crippen LogP contribution in [0.1, 0.15) is 30.1 Å². The van der Waals surface area contributed by atoms with Crippen LogP contribution in [-0.4, -0.2) is 42.0 Å². The Labute approximate surface area is 114 Å². The molecule has 1 amide bonds. The second-order valence-electron chi connectivity index (χ2n) is 5.21. The number of piperidine rings is 1. The summed E-state index contributed by atoms with van der Waals surface area (Å²) in [6.07, 6.45) is 4.21. The average Bonchev–Trinajstić information content (AvgIpc) is 2.41. The van der Waals surface area contributed by atoms with Gasteiger partial charge in [0.15, 0.2) is 0 Å². The van der Waals surface area contributed by atoms with Gasteiger partial charge in [0.1, 0.15) is 5.82 Å². The van der Waals surface area contributed by atoms with Crippen molar-refractivity contribution in [1.82, 2.24) is 9.88 Å². The fraction of sp³-hybridized carbons (Fsp3) is 0.571. The van der Waals surface area contributed by atoms with Crippen LogP contribution < -0.4 is 11.1 Å². The van der Waals surface area contributed by atoms with Crippen molar-refractivity contribution in [1.29, 1.82) is 0 Å². The minimum absolute atomic E-state index is 0.442. The number of hydrogen-bond acceptors (Lipinski definition) is 4. The van der Waals surface area contributed by atoms with E-state index in [9.17, 15) is 4.79 Å². The SMILES string of the molecule is CC1CCN(CCNc2ncccc2C(N)=O)CC1. The van der Waals surface area contributed by atoms with Crippen LogP contribution in [0.25, 0.3) is 0 Å². The number of nitrogens with two attached hydrogens (primary N) is 1. The molecule has 1 saturated heterocycles. The standard InChI is InChI=1S/C14H22N4O/c1-11-4-8-18(9-5-11)10-7-17-14-12(13(15)19)3-2-6-16-14/h2-3,6,11H,4-5,7-10H2,1H3,(H2,15,19)(H,16,17). The molecule has 1 aliphatic heterocycles. The van der Waals surface area contributed by atoms with E-state index in [0.29, 0.717) is 11.4 Å². The Bertz CT molecular complexity index is 427. The summed E-state index contributed by atoms with van der Waals surface area (Å²) in [6.45, 7) is 6.39. The molecule has 5 heteroatoms. The molecule has 0 spiro atoms. The van der Waals surface area contributed by atoms with E-state index in [1.807, 2.05) is 0 Å². The molecular formula is C14H22N4O. The number of nitrogens with zero attached hydrogens (tertiary/aromatic N) is 2. The number of carbonyl (C=O) groups is 1. The second kappa shape index (κ2) is 6.52. The van der Waals surface area contributed by atoms with Gasteiger partial charge in [-0.05, 0) is 44.0 Å². The first-order chi connectivity index (χ1) is 9.16. The molecule has 2 heterocycles. The summed E-state index contributed by atoms with van der Waals surface area (Å²) in [5.41, 5.74) is 5.77. The van der Waals surface area contributed by atoms with Crippen molar-refractivity contribution >= 4 is 11.7 Å². The van der Waals surface area contributed by atoms with Gasteiger partial charge in [-0.3, -0.25) is 4.79 Å². The van der Waals surface area contributed by atoms with E-state index in [2.05, 4.69) is 22.1 Å². The summed E-state index contributed by atoms with van der Waals surface area (Å²) in [5.74, 6) is 0.990. The predicted molar refractivity (Wildman–Crippen MR) is 76.1 cm³/mol. The molecule has 0 aromatic carbocycles. The zero-order chi connectivity index (χ0) is 13.7. The van der Waals surface area contributed by atoms with Crippen molar-refractivity contribution in [2.24, 2.45) is 11.7 Å². The number of likely N-dealkylation sites (tertiary alicyclic amines) is 1. The second-order valence-corrected chi connectivity index (χ2v) is 5.21. The van der Waals surface area contributed by atoms with Crippen LogP contribution in [0.4, 0.5) is 5.82 Å². The maximum Gasteiger partial charge on any atom is 0.252 e. The Balaban J connectivity index is 1.81. The minimum atomic E-state index is -0.442. The number of amides is 1. The van der Waals surface area contributed by atoms with Crippen LogP contribution in [0, 0.1) is 5.92 Å². The van der Waals surface area contributed by atoms with Crippen molar-refractivity contribution < 1.29 is 4.79 Å². The fourth-order valence-electron chi connectivity index (χ4n) is 2.36. The number of primary amides is 1. The summed E-state index contributed by atoms with van der Waals surface area (Å²) >= 11 is 0. The van der Waals surface area contributed by atoms with E-state index in [0.717, 1.165) is 32.1 Å². The largest absolute Gasteiger partial charge is 0.368 e. The van der Waals surface area contributed by atoms with Crippen molar-refractivity contribution in [3.8, 4) is 0 Å². The minimum Gasteiger partial charge on any atom is -0.368 e. The fourth-order valence-corrected chi connectivity index (χ4v) is 2.36. The third-order valence-corrected chi connectivity index (χ3v) is 3.67. The van der Waals surface area contributed by atoms with Gasteiger partial charge in [-0.2, -0.15) is 0 Å². The van der Waals surface area contributed by atoms with Gasteiger partial charge in [-0.25, -0.2) is 4.98 Å². The first-order valence-electron chi connectivity index (χ1n) is 6.88. The van der Waals surface area contributed by atoms with Gasteiger partial charge >= 0.3 is 0 Å². The van der Waals surface area contributed by atoms with Crippen LogP contribution in [0.5, 0.6) is 0 Å². The first-order valence-corrected chi connectivity index (χ1v) is 6.88. The van der Waals surface area contributed by atoms with Gasteiger partial charge < -0.3 is 16.0 Å². The molecule has 1 aliphatic rings. The number of pyridine rings is 1. The lowest BCUT2D eigenvalue weighted by Gasteiger charge is -2.30. The Morgan fingerprint density at radius 1 is 1.53 bits per heavy atom. The van der Waals surface area contributed by atoms with Crippen LogP contribution in [0.2, 0.25) is 0 Å². The zero-order valence-corrected chi connectivity index (χ0v) is 11.4. The zero-order valence-electron chi connectivity index (χ0n) is 11.4. The first kappa shape index (κ1) is 13.8. The molecule has 0 bridgehead atoms. The van der Waals surface area contributed by atoms with Gasteiger partial charge in [0.2, 0.25) is 0 Å². The molecule has 1 aromatic heterocycles. The van der Waals surface area contributed by atoms with Crippen molar-refractivity contribution in [2.75, 3.05) is 31.5 Å². The van der Waals surface area contributed by atoms with Crippen molar-refractivity contribution in [3.63, 3.8) is 0 Å². The van der Waals surface area contributed by atoms with E-state index in [4.69, 9.17) is 5.73 Å². The number of anilines is 1. The number of carbonyl (C=O) groups excluding carboxylic acids is 1. The molecule has 0 radical (unpaired) electrons. The quantitative estimate of drug-likeness (QED) is 0.839. The molecule has 1 fully saturated rings. The summed E-state index contributed by atoms with van der Waals surface area (Å²) in [4.78, 5) is 17.9. The monoisotopic (exact) mass is 262 g/mol. The summed E-state index contributed by atoms with van der Waals surface area (Å²) in [6, 6.07) is 3.41. The van der Waals surface area contributed by atoms with Crippen molar-refractivity contribution in [2.45, 2.75) is 19.8 Å². The lowest BCUT2D eigenvalue weighted by Crippen LogP contribution is -2.36. The molecule has 2 rings (SSSR count). The van der Waals surface area contributed by atoms with Crippen LogP contribution in [0.3, 0.4) is 0 Å². The van der Waals surface area contributed by atoms with E-state index >= 15 is 0 Å². The summed E-state index contributed by atoms with van der Waals surface area (Å²) in [5, 5.41) is 3.20. The third kappa shape index (κ3) is 3.92. The predicted octanol–water partition coefficient (Wildman–Crippen LogP) is 1.32. The Hall–Kier alpha value is -1.62. The average molecular weight is 262 g/mol. The van der Waals surface area contributed by atoms with Gasteiger partial charge in [-0.15, -0.1) is 0 Å². The highest BCUT2D eigenvalue weighted by atomic mass is 16.1. The molecule has 104 valence electrons. The molecular weight excluding hydrogens is 240 g/mol. The normalized spacial score (nSPS) is 17.3. The van der Waals surface area contributed by atoms with E-state index < -0.39 is 5.91 Å². The molecule has 0 atom stereocenters. The molecule has 0 aliphatic carbocycles. The topological polar surface area (TPSA) is 71.2 Å². The van der Waals surface area contributed by atoms with Gasteiger partial charge in [0.05, 0.1) is 5.56 Å². The van der Waals surface area contributed by atoms with Crippen LogP contribution in [-0.2, 0) is 0 Å². The Kier molecular flexibility index (Phi) is 4.74. The number of aromatic nitrogens is 1. The van der Waals surface area contributed by atoms with E-state index in [1.165, 1.54) is 12.8 Å². The third-order valence-electron chi connectivity index (χ3n) is 3.67. The highest BCUT2D eigenvalue weighted by Crippen LogP contribution is 2.15. The summed E-state index contributed by atoms with van der Waals surface area (Å²) in [7, 11) is 0. The molecule has 19 heavy (non-hydrogen) atoms. The molecule has 0 saturated carbocycles. The summed E-state index contributed by atoms with van der Waals surface area (Å²) < 4.78 is 0. The lowest BCUT2D eigenvalue weighted by molar-refractivity contribution is 0.100. The Morgan fingerprint density at radius 3 is 2.95 bits per heavy atom. The number of nitrogens with one attached hydrogen (secondary N) is 1. The van der Waals surface area contributed by atoms with Crippen molar-refractivity contribution in [3.05, 3.63) is 23.9 Å². The molecule has 3 N–H and O–H groups in total. The highest BCUT2D eigenvalue weighted by molar-refractivity contribution is 5.97.